The van der Waals surface area contributed by atoms with Gasteiger partial charge in [0, 0.05) is 43.9 Å². The summed E-state index contributed by atoms with van der Waals surface area (Å²) in [6.45, 7) is 3.45. The summed E-state index contributed by atoms with van der Waals surface area (Å²) in [5.41, 5.74) is 0.989. The molecule has 1 heterocycles. The average Bonchev–Trinajstić information content (AvgIpc) is 3.05. The number of sulfone groups is 1. The number of aromatic nitrogens is 1. The fourth-order valence-electron chi connectivity index (χ4n) is 2.18. The van der Waals surface area contributed by atoms with Gasteiger partial charge < -0.3 is 10.6 Å². The Balaban J connectivity index is 0.00000338. The minimum atomic E-state index is -3.16. The highest BCUT2D eigenvalue weighted by molar-refractivity contribution is 14.0. The molecule has 2 rings (SSSR count). The highest BCUT2D eigenvalue weighted by Crippen LogP contribution is 2.13. The molecule has 0 aliphatic carbocycles. The number of guanidine groups is 1. The monoisotopic (exact) mass is 508 g/mol. The van der Waals surface area contributed by atoms with Crippen LogP contribution in [0.2, 0.25) is 0 Å². The van der Waals surface area contributed by atoms with Gasteiger partial charge in [-0.3, -0.25) is 4.99 Å². The Morgan fingerprint density at radius 3 is 2.46 bits per heavy atom. The van der Waals surface area contributed by atoms with Crippen LogP contribution in [0.4, 0.5) is 0 Å². The van der Waals surface area contributed by atoms with Gasteiger partial charge in [0.1, 0.15) is 0 Å². The summed E-state index contributed by atoms with van der Waals surface area (Å²) in [4.78, 5) is 10.2. The molecule has 0 fully saturated rings. The van der Waals surface area contributed by atoms with E-state index in [-0.39, 0.29) is 24.0 Å². The summed E-state index contributed by atoms with van der Waals surface area (Å²) < 4.78 is 22.9. The van der Waals surface area contributed by atoms with E-state index in [0.717, 1.165) is 30.0 Å². The van der Waals surface area contributed by atoms with Crippen molar-refractivity contribution in [3.05, 3.63) is 45.9 Å². The Labute approximate surface area is 176 Å². The number of benzene rings is 1. The highest BCUT2D eigenvalue weighted by Gasteiger charge is 2.06. The predicted octanol–water partition coefficient (Wildman–Crippen LogP) is 2.63. The smallest absolute Gasteiger partial charge is 0.191 e. The second-order valence-corrected chi connectivity index (χ2v) is 8.81. The Bertz CT molecular complexity index is 818. The van der Waals surface area contributed by atoms with Crippen molar-refractivity contribution in [1.29, 1.82) is 0 Å². The number of hydrogen-bond acceptors (Lipinski definition) is 5. The molecular formula is C17H25IN4O2S2. The molecule has 0 saturated heterocycles. The minimum absolute atomic E-state index is 0. The molecule has 6 nitrogen and oxygen atoms in total. The second-order valence-electron chi connectivity index (χ2n) is 5.59. The highest BCUT2D eigenvalue weighted by atomic mass is 127. The first-order valence-electron chi connectivity index (χ1n) is 8.09. The van der Waals surface area contributed by atoms with Crippen molar-refractivity contribution in [2.75, 3.05) is 19.8 Å². The standard InChI is InChI=1S/C17H24N4O2S2.HI/c1-4-14-12-20-16(24-14)9-10-19-17(18-2)21-11-13-5-7-15(8-6-13)25(3,22)23;/h5-8,12H,4,9-11H2,1-3H3,(H2,18,19,21);1H. The van der Waals surface area contributed by atoms with E-state index in [1.165, 1.54) is 11.1 Å². The van der Waals surface area contributed by atoms with E-state index in [1.54, 1.807) is 42.6 Å². The van der Waals surface area contributed by atoms with Crippen molar-refractivity contribution >= 4 is 51.1 Å². The summed E-state index contributed by atoms with van der Waals surface area (Å²) in [5, 5.41) is 7.60. The number of halogens is 1. The van der Waals surface area contributed by atoms with Gasteiger partial charge in [0.2, 0.25) is 0 Å². The van der Waals surface area contributed by atoms with Crippen LogP contribution >= 0.6 is 35.3 Å². The molecule has 0 aliphatic heterocycles. The van der Waals surface area contributed by atoms with Crippen LogP contribution in [-0.2, 0) is 29.2 Å². The molecule has 0 aliphatic rings. The number of aryl methyl sites for hydroxylation is 1. The van der Waals surface area contributed by atoms with Gasteiger partial charge >= 0.3 is 0 Å². The molecule has 144 valence electrons. The molecule has 0 unspecified atom stereocenters. The van der Waals surface area contributed by atoms with Gasteiger partial charge in [-0.15, -0.1) is 35.3 Å². The van der Waals surface area contributed by atoms with E-state index in [2.05, 4.69) is 27.5 Å². The lowest BCUT2D eigenvalue weighted by molar-refractivity contribution is 0.602. The maximum Gasteiger partial charge on any atom is 0.191 e. The first-order chi connectivity index (χ1) is 11.9. The Morgan fingerprint density at radius 1 is 1.23 bits per heavy atom. The van der Waals surface area contributed by atoms with Crippen LogP contribution in [0.5, 0.6) is 0 Å². The van der Waals surface area contributed by atoms with Crippen molar-refractivity contribution in [1.82, 2.24) is 15.6 Å². The number of rotatable bonds is 7. The number of thiazole rings is 1. The first kappa shape index (κ1) is 22.8. The SMILES string of the molecule is CCc1cnc(CCNC(=NC)NCc2ccc(S(C)(=O)=O)cc2)s1.I. The zero-order valence-corrected chi connectivity index (χ0v) is 19.1. The number of aliphatic imine (C=N–C) groups is 1. The van der Waals surface area contributed by atoms with E-state index in [4.69, 9.17) is 0 Å². The number of nitrogens with one attached hydrogen (secondary N) is 2. The Morgan fingerprint density at radius 2 is 1.92 bits per heavy atom. The van der Waals surface area contributed by atoms with Crippen LogP contribution in [0.3, 0.4) is 0 Å². The second kappa shape index (κ2) is 10.8. The summed E-state index contributed by atoms with van der Waals surface area (Å²) in [7, 11) is -1.43. The van der Waals surface area contributed by atoms with E-state index in [9.17, 15) is 8.42 Å². The van der Waals surface area contributed by atoms with Crippen molar-refractivity contribution in [3.8, 4) is 0 Å². The lowest BCUT2D eigenvalue weighted by Gasteiger charge is -2.11. The van der Waals surface area contributed by atoms with Crippen molar-refractivity contribution in [3.63, 3.8) is 0 Å². The van der Waals surface area contributed by atoms with Crippen molar-refractivity contribution in [2.45, 2.75) is 31.2 Å². The molecular weight excluding hydrogens is 483 g/mol. The quantitative estimate of drug-likeness (QED) is 0.342. The van der Waals surface area contributed by atoms with E-state index < -0.39 is 9.84 Å². The molecule has 26 heavy (non-hydrogen) atoms. The third kappa shape index (κ3) is 7.20. The summed E-state index contributed by atoms with van der Waals surface area (Å²) in [6.07, 6.45) is 5.02. The van der Waals surface area contributed by atoms with E-state index in [1.807, 2.05) is 6.20 Å². The maximum absolute atomic E-state index is 11.5. The lowest BCUT2D eigenvalue weighted by Crippen LogP contribution is -2.37. The van der Waals surface area contributed by atoms with Gasteiger partial charge in [0.05, 0.1) is 9.90 Å². The van der Waals surface area contributed by atoms with Crippen LogP contribution in [0, 0.1) is 0 Å². The minimum Gasteiger partial charge on any atom is -0.356 e. The van der Waals surface area contributed by atoms with Crippen molar-refractivity contribution < 1.29 is 8.42 Å². The van der Waals surface area contributed by atoms with Gasteiger partial charge in [0.25, 0.3) is 0 Å². The maximum atomic E-state index is 11.5. The van der Waals surface area contributed by atoms with Crippen molar-refractivity contribution in [2.24, 2.45) is 4.99 Å². The van der Waals surface area contributed by atoms with E-state index in [0.29, 0.717) is 17.4 Å². The fourth-order valence-corrected chi connectivity index (χ4v) is 3.67. The molecule has 2 aromatic rings. The Kier molecular flexibility index (Phi) is 9.51. The Hall–Kier alpha value is -1.20. The molecule has 0 radical (unpaired) electrons. The largest absolute Gasteiger partial charge is 0.356 e. The van der Waals surface area contributed by atoms with Crippen LogP contribution in [0.1, 0.15) is 22.4 Å². The van der Waals surface area contributed by atoms with E-state index >= 15 is 0 Å². The number of hydrogen-bond donors (Lipinski definition) is 2. The predicted molar refractivity (Wildman–Crippen MR) is 118 cm³/mol. The summed E-state index contributed by atoms with van der Waals surface area (Å²) in [5.74, 6) is 0.708. The zero-order chi connectivity index (χ0) is 18.3. The molecule has 1 aromatic heterocycles. The van der Waals surface area contributed by atoms with Gasteiger partial charge in [-0.1, -0.05) is 19.1 Å². The van der Waals surface area contributed by atoms with Crippen LogP contribution < -0.4 is 10.6 Å². The lowest BCUT2D eigenvalue weighted by atomic mass is 10.2. The van der Waals surface area contributed by atoms with Crippen LogP contribution in [0.25, 0.3) is 0 Å². The topological polar surface area (TPSA) is 83.4 Å². The van der Waals surface area contributed by atoms with Gasteiger partial charge in [-0.2, -0.15) is 0 Å². The zero-order valence-electron chi connectivity index (χ0n) is 15.2. The van der Waals surface area contributed by atoms with Crippen LogP contribution in [0.15, 0.2) is 40.4 Å². The summed E-state index contributed by atoms with van der Waals surface area (Å²) in [6, 6.07) is 6.85. The fraction of sp³-hybridized carbons (Fsp3) is 0.412. The molecule has 0 amide bonds. The molecule has 0 bridgehead atoms. The number of nitrogens with zero attached hydrogens (tertiary/aromatic N) is 2. The molecule has 0 spiro atoms. The third-order valence-electron chi connectivity index (χ3n) is 3.62. The van der Waals surface area contributed by atoms with Gasteiger partial charge in [-0.05, 0) is 24.1 Å². The van der Waals surface area contributed by atoms with Gasteiger partial charge in [0.15, 0.2) is 15.8 Å². The summed E-state index contributed by atoms with van der Waals surface area (Å²) >= 11 is 1.75. The third-order valence-corrected chi connectivity index (χ3v) is 5.95. The normalized spacial score (nSPS) is 11.7. The molecule has 1 aromatic carbocycles. The average molecular weight is 508 g/mol. The molecule has 9 heteroatoms. The molecule has 0 saturated carbocycles. The van der Waals surface area contributed by atoms with Crippen LogP contribution in [-0.4, -0.2) is 39.2 Å². The van der Waals surface area contributed by atoms with Gasteiger partial charge in [-0.25, -0.2) is 13.4 Å². The first-order valence-corrected chi connectivity index (χ1v) is 10.8. The molecule has 2 N–H and O–H groups in total. The molecule has 0 atom stereocenters.